The fraction of sp³-hybridized carbons (Fsp3) is 0.231. The van der Waals surface area contributed by atoms with E-state index in [1.54, 1.807) is 31.2 Å². The van der Waals surface area contributed by atoms with Gasteiger partial charge in [0.2, 0.25) is 0 Å². The molecule has 0 saturated carbocycles. The number of benzene rings is 2. The van der Waals surface area contributed by atoms with Gasteiger partial charge in [0.1, 0.15) is 5.56 Å². The van der Waals surface area contributed by atoms with Crippen LogP contribution < -0.4 is 14.8 Å². The molecular weight excluding hydrogens is 448 g/mol. The van der Waals surface area contributed by atoms with E-state index in [0.717, 1.165) is 22.0 Å². The van der Waals surface area contributed by atoms with Crippen LogP contribution in [0, 0.1) is 13.8 Å². The Morgan fingerprint density at radius 1 is 1.03 bits per heavy atom. The Morgan fingerprint density at radius 3 is 2.54 bits per heavy atom. The standard InChI is InChI=1S/C26H26N4O5/c1-5-34-26(32)19-14-27-30(22-13-17(3)18-10-8-9-16(2)24(18)28-22)25(19)29-23(31)15-35-21-12-7-6-11-20(21)33-4/h6-14H,5,15H2,1-4H3,(H,29,31). The number of aryl methyl sites for hydroxylation is 2. The van der Waals surface area contributed by atoms with Gasteiger partial charge < -0.3 is 19.5 Å². The van der Waals surface area contributed by atoms with E-state index in [9.17, 15) is 9.59 Å². The number of hydrogen-bond acceptors (Lipinski definition) is 7. The highest BCUT2D eigenvalue weighted by atomic mass is 16.5. The molecule has 0 aliphatic carbocycles. The Kier molecular flexibility index (Phi) is 6.96. The maximum Gasteiger partial charge on any atom is 0.343 e. The summed E-state index contributed by atoms with van der Waals surface area (Å²) in [5.41, 5.74) is 2.91. The molecule has 9 nitrogen and oxygen atoms in total. The summed E-state index contributed by atoms with van der Waals surface area (Å²) in [5.74, 6) is 0.443. The Morgan fingerprint density at radius 2 is 1.80 bits per heavy atom. The minimum Gasteiger partial charge on any atom is -0.493 e. The van der Waals surface area contributed by atoms with Crippen molar-refractivity contribution in [2.24, 2.45) is 0 Å². The largest absolute Gasteiger partial charge is 0.493 e. The molecule has 0 bridgehead atoms. The van der Waals surface area contributed by atoms with Crippen molar-refractivity contribution in [3.8, 4) is 17.3 Å². The zero-order valence-electron chi connectivity index (χ0n) is 20.0. The maximum absolute atomic E-state index is 12.8. The molecule has 1 N–H and O–H groups in total. The molecule has 0 fully saturated rings. The maximum atomic E-state index is 12.8. The van der Waals surface area contributed by atoms with E-state index in [1.807, 2.05) is 38.1 Å². The van der Waals surface area contributed by atoms with E-state index in [4.69, 9.17) is 19.2 Å². The van der Waals surface area contributed by atoms with Gasteiger partial charge in [0.15, 0.2) is 29.7 Å². The van der Waals surface area contributed by atoms with Crippen LogP contribution in [0.25, 0.3) is 16.7 Å². The van der Waals surface area contributed by atoms with Crippen LogP contribution in [0.15, 0.2) is 54.7 Å². The van der Waals surface area contributed by atoms with Crippen LogP contribution >= 0.6 is 0 Å². The van der Waals surface area contributed by atoms with Gasteiger partial charge in [-0.05, 0) is 50.1 Å². The lowest BCUT2D eigenvalue weighted by Crippen LogP contribution is -2.23. The molecular formula is C26H26N4O5. The summed E-state index contributed by atoms with van der Waals surface area (Å²) >= 11 is 0. The van der Waals surface area contributed by atoms with Gasteiger partial charge in [0.25, 0.3) is 5.91 Å². The highest BCUT2D eigenvalue weighted by Gasteiger charge is 2.23. The number of carbonyl (C=O) groups is 2. The molecule has 0 radical (unpaired) electrons. The third-order valence-corrected chi connectivity index (χ3v) is 5.40. The number of anilines is 1. The number of pyridine rings is 1. The molecule has 2 heterocycles. The monoisotopic (exact) mass is 474 g/mol. The lowest BCUT2D eigenvalue weighted by Gasteiger charge is -2.14. The van der Waals surface area contributed by atoms with E-state index in [0.29, 0.717) is 17.3 Å². The molecule has 0 spiro atoms. The summed E-state index contributed by atoms with van der Waals surface area (Å²) < 4.78 is 17.5. The van der Waals surface area contributed by atoms with E-state index < -0.39 is 11.9 Å². The van der Waals surface area contributed by atoms with Crippen molar-refractivity contribution in [3.05, 3.63) is 71.4 Å². The number of hydrogen-bond donors (Lipinski definition) is 1. The first kappa shape index (κ1) is 23.7. The van der Waals surface area contributed by atoms with Gasteiger partial charge in [0, 0.05) is 5.39 Å². The lowest BCUT2D eigenvalue weighted by molar-refractivity contribution is -0.118. The van der Waals surface area contributed by atoms with Crippen LogP contribution in [0.4, 0.5) is 5.82 Å². The molecule has 9 heteroatoms. The third kappa shape index (κ3) is 4.93. The average Bonchev–Trinajstić information content (AvgIpc) is 3.27. The Balaban J connectivity index is 1.68. The van der Waals surface area contributed by atoms with Crippen molar-refractivity contribution in [1.29, 1.82) is 0 Å². The van der Waals surface area contributed by atoms with Gasteiger partial charge in [-0.25, -0.2) is 9.78 Å². The van der Waals surface area contributed by atoms with E-state index >= 15 is 0 Å². The number of methoxy groups -OCH3 is 1. The number of nitrogens with zero attached hydrogens (tertiary/aromatic N) is 3. The fourth-order valence-electron chi connectivity index (χ4n) is 3.70. The van der Waals surface area contributed by atoms with Gasteiger partial charge in [-0.2, -0.15) is 9.78 Å². The first-order valence-corrected chi connectivity index (χ1v) is 11.1. The predicted molar refractivity (Wildman–Crippen MR) is 131 cm³/mol. The van der Waals surface area contributed by atoms with E-state index in [-0.39, 0.29) is 24.6 Å². The van der Waals surface area contributed by atoms with Gasteiger partial charge in [-0.1, -0.05) is 30.3 Å². The molecule has 0 unspecified atom stereocenters. The Labute approximate surface area is 202 Å². The fourth-order valence-corrected chi connectivity index (χ4v) is 3.70. The zero-order valence-corrected chi connectivity index (χ0v) is 20.0. The van der Waals surface area contributed by atoms with Crippen LogP contribution in [0.3, 0.4) is 0 Å². The van der Waals surface area contributed by atoms with Crippen molar-refractivity contribution >= 4 is 28.6 Å². The summed E-state index contributed by atoms with van der Waals surface area (Å²) in [6, 6.07) is 14.8. The number of esters is 1. The molecule has 0 aliphatic heterocycles. The second kappa shape index (κ2) is 10.3. The molecule has 0 atom stereocenters. The van der Waals surface area contributed by atoms with Crippen LogP contribution in [0.1, 0.15) is 28.4 Å². The molecule has 180 valence electrons. The quantitative estimate of drug-likeness (QED) is 0.381. The van der Waals surface area contributed by atoms with E-state index in [1.165, 1.54) is 18.0 Å². The van der Waals surface area contributed by atoms with Crippen molar-refractivity contribution < 1.29 is 23.8 Å². The number of ether oxygens (including phenoxy) is 3. The van der Waals surface area contributed by atoms with Gasteiger partial charge in [-0.15, -0.1) is 0 Å². The summed E-state index contributed by atoms with van der Waals surface area (Å²) in [6.07, 6.45) is 1.35. The minimum atomic E-state index is -0.603. The summed E-state index contributed by atoms with van der Waals surface area (Å²) in [6.45, 7) is 5.53. The number of amides is 1. The topological polar surface area (TPSA) is 105 Å². The first-order chi connectivity index (χ1) is 16.9. The Hall–Kier alpha value is -4.40. The third-order valence-electron chi connectivity index (χ3n) is 5.40. The smallest absolute Gasteiger partial charge is 0.343 e. The summed E-state index contributed by atoms with van der Waals surface area (Å²) in [7, 11) is 1.52. The highest BCUT2D eigenvalue weighted by molar-refractivity contribution is 6.01. The molecule has 4 aromatic rings. The molecule has 2 aromatic carbocycles. The normalized spacial score (nSPS) is 10.7. The van der Waals surface area contributed by atoms with E-state index in [2.05, 4.69) is 10.4 Å². The number of nitrogens with one attached hydrogen (secondary N) is 1. The molecule has 4 rings (SSSR count). The Bertz CT molecular complexity index is 1400. The SMILES string of the molecule is CCOC(=O)c1cnn(-c2cc(C)c3cccc(C)c3n2)c1NC(=O)COc1ccccc1OC. The van der Waals surface area contributed by atoms with Crippen molar-refractivity contribution in [1.82, 2.24) is 14.8 Å². The van der Waals surface area contributed by atoms with Crippen molar-refractivity contribution in [3.63, 3.8) is 0 Å². The average molecular weight is 475 g/mol. The second-order valence-corrected chi connectivity index (χ2v) is 7.80. The van der Waals surface area contributed by atoms with Gasteiger partial charge in [0.05, 0.1) is 25.4 Å². The summed E-state index contributed by atoms with van der Waals surface area (Å²) in [5, 5.41) is 8.10. The minimum absolute atomic E-state index is 0.113. The number of para-hydroxylation sites is 3. The van der Waals surface area contributed by atoms with Gasteiger partial charge >= 0.3 is 5.97 Å². The van der Waals surface area contributed by atoms with Crippen LogP contribution in [-0.2, 0) is 9.53 Å². The second-order valence-electron chi connectivity index (χ2n) is 7.80. The summed E-state index contributed by atoms with van der Waals surface area (Å²) in [4.78, 5) is 30.2. The first-order valence-electron chi connectivity index (χ1n) is 11.1. The predicted octanol–water partition coefficient (Wildman–Crippen LogP) is 4.24. The highest BCUT2D eigenvalue weighted by Crippen LogP contribution is 2.27. The lowest BCUT2D eigenvalue weighted by atomic mass is 10.1. The van der Waals surface area contributed by atoms with Crippen LogP contribution in [-0.4, -0.2) is 47.0 Å². The van der Waals surface area contributed by atoms with Crippen LogP contribution in [0.5, 0.6) is 11.5 Å². The van der Waals surface area contributed by atoms with Crippen molar-refractivity contribution in [2.45, 2.75) is 20.8 Å². The van der Waals surface area contributed by atoms with Crippen LogP contribution in [0.2, 0.25) is 0 Å². The molecule has 0 saturated heterocycles. The molecule has 0 aliphatic rings. The molecule has 35 heavy (non-hydrogen) atoms. The zero-order chi connectivity index (χ0) is 24.9. The number of fused-ring (bicyclic) bond motifs is 1. The number of carbonyl (C=O) groups excluding carboxylic acids is 2. The number of aromatic nitrogens is 3. The van der Waals surface area contributed by atoms with Crippen molar-refractivity contribution in [2.75, 3.05) is 25.6 Å². The van der Waals surface area contributed by atoms with Gasteiger partial charge in [-0.3, -0.25) is 4.79 Å². The molecule has 1 amide bonds. The number of rotatable bonds is 8. The molecule has 2 aromatic heterocycles.